The predicted octanol–water partition coefficient (Wildman–Crippen LogP) is 4.28. The van der Waals surface area contributed by atoms with E-state index in [2.05, 4.69) is 21.5 Å². The summed E-state index contributed by atoms with van der Waals surface area (Å²) in [4.78, 5) is 14.1. The molecule has 2 aromatic heterocycles. The van der Waals surface area contributed by atoms with Crippen molar-refractivity contribution in [3.8, 4) is 0 Å². The zero-order valence-corrected chi connectivity index (χ0v) is 18.2. The molecule has 3 rings (SSSR count). The lowest BCUT2D eigenvalue weighted by molar-refractivity contribution is -0.141. The van der Waals surface area contributed by atoms with Gasteiger partial charge in [-0.3, -0.25) is 9.97 Å². The molecule has 3 heterocycles. The Morgan fingerprint density at radius 3 is 2.53 bits per heavy atom. The molecular weight excluding hydrogens is 419 g/mol. The van der Waals surface area contributed by atoms with E-state index in [1.165, 1.54) is 18.3 Å². The van der Waals surface area contributed by atoms with E-state index in [4.69, 9.17) is 10.5 Å². The molecule has 0 amide bonds. The number of nitrogens with zero attached hydrogens (tertiary/aromatic N) is 4. The maximum atomic E-state index is 13.6. The van der Waals surface area contributed by atoms with Crippen LogP contribution in [0.1, 0.15) is 36.4 Å². The first-order valence-corrected chi connectivity index (χ1v) is 10.1. The number of morpholine rings is 1. The fourth-order valence-corrected chi connectivity index (χ4v) is 3.62. The molecule has 2 aromatic rings. The zero-order chi connectivity index (χ0) is 23.5. The SMILES string of the molecule is C=C(N=C/C(=C(\N)c1cccnc1C(F)(F)F)c1ccnc(C)c1)N1C[C@@H](C)O[C@@H](C)C1. The molecule has 9 heteroatoms. The van der Waals surface area contributed by atoms with E-state index in [0.29, 0.717) is 35.7 Å². The molecule has 0 saturated carbocycles. The molecule has 0 unspecified atom stereocenters. The largest absolute Gasteiger partial charge is 0.434 e. The van der Waals surface area contributed by atoms with Crippen LogP contribution in [0.5, 0.6) is 0 Å². The molecule has 2 atom stereocenters. The van der Waals surface area contributed by atoms with Crippen molar-refractivity contribution in [3.05, 3.63) is 71.6 Å². The van der Waals surface area contributed by atoms with Gasteiger partial charge in [-0.1, -0.05) is 6.58 Å². The van der Waals surface area contributed by atoms with Crippen molar-refractivity contribution in [2.45, 2.75) is 39.2 Å². The highest BCUT2D eigenvalue weighted by Crippen LogP contribution is 2.34. The van der Waals surface area contributed by atoms with E-state index in [1.807, 2.05) is 18.7 Å². The normalized spacial score (nSPS) is 20.4. The highest BCUT2D eigenvalue weighted by molar-refractivity contribution is 6.19. The molecule has 1 fully saturated rings. The van der Waals surface area contributed by atoms with Gasteiger partial charge in [0.2, 0.25) is 0 Å². The van der Waals surface area contributed by atoms with Crippen LogP contribution >= 0.6 is 0 Å². The van der Waals surface area contributed by atoms with Crippen LogP contribution < -0.4 is 5.73 Å². The van der Waals surface area contributed by atoms with Crippen LogP contribution in [0, 0.1) is 6.92 Å². The molecule has 32 heavy (non-hydrogen) atoms. The minimum atomic E-state index is -4.65. The number of pyridine rings is 2. The average molecular weight is 445 g/mol. The number of nitrogens with two attached hydrogens (primary N) is 1. The fourth-order valence-electron chi connectivity index (χ4n) is 3.62. The van der Waals surface area contributed by atoms with Crippen LogP contribution in [0.4, 0.5) is 13.2 Å². The molecule has 2 N–H and O–H groups in total. The van der Waals surface area contributed by atoms with Crippen molar-refractivity contribution in [3.63, 3.8) is 0 Å². The molecule has 0 bridgehead atoms. The number of allylic oxidation sites excluding steroid dienone is 1. The fraction of sp³-hybridized carbons (Fsp3) is 0.348. The van der Waals surface area contributed by atoms with Crippen molar-refractivity contribution >= 4 is 17.5 Å². The molecule has 1 aliphatic heterocycles. The summed E-state index contributed by atoms with van der Waals surface area (Å²) in [7, 11) is 0. The Hall–Kier alpha value is -3.20. The maximum absolute atomic E-state index is 13.6. The molecule has 1 saturated heterocycles. The van der Waals surface area contributed by atoms with E-state index in [1.54, 1.807) is 25.3 Å². The van der Waals surface area contributed by atoms with Crippen molar-refractivity contribution < 1.29 is 17.9 Å². The van der Waals surface area contributed by atoms with E-state index < -0.39 is 11.9 Å². The summed E-state index contributed by atoms with van der Waals surface area (Å²) in [6.45, 7) is 11.0. The Kier molecular flexibility index (Phi) is 6.98. The third-order valence-electron chi connectivity index (χ3n) is 4.99. The maximum Gasteiger partial charge on any atom is 0.434 e. The molecule has 6 nitrogen and oxygen atoms in total. The van der Waals surface area contributed by atoms with Crippen molar-refractivity contribution in [2.75, 3.05) is 13.1 Å². The lowest BCUT2D eigenvalue weighted by Crippen LogP contribution is -2.44. The summed E-state index contributed by atoms with van der Waals surface area (Å²) in [5.41, 5.74) is 6.55. The second kappa shape index (κ2) is 9.52. The molecule has 0 aliphatic carbocycles. The number of hydrogen-bond donors (Lipinski definition) is 1. The van der Waals surface area contributed by atoms with Crippen LogP contribution in [0.2, 0.25) is 0 Å². The molecule has 0 spiro atoms. The minimum absolute atomic E-state index is 0.0124. The summed E-state index contributed by atoms with van der Waals surface area (Å²) >= 11 is 0. The first-order chi connectivity index (χ1) is 15.1. The first kappa shape index (κ1) is 23.5. The van der Waals surface area contributed by atoms with Crippen LogP contribution in [0.15, 0.2) is 54.1 Å². The van der Waals surface area contributed by atoms with Gasteiger partial charge in [0.05, 0.1) is 17.9 Å². The molecule has 1 aliphatic rings. The number of halogens is 3. The van der Waals surface area contributed by atoms with Gasteiger partial charge in [-0.25, -0.2) is 4.99 Å². The van der Waals surface area contributed by atoms with Gasteiger partial charge in [-0.15, -0.1) is 0 Å². The average Bonchev–Trinajstić information content (AvgIpc) is 2.72. The standard InChI is InChI=1S/C23H26F3N5O/c1-14-10-18(7-9-28-14)20(11-30-17(4)31-12-15(2)32-16(3)13-31)21(27)19-6-5-8-29-22(19)23(24,25)26/h5-11,15-16H,4,12-13,27H2,1-3H3/b21-20+,30-11?/t15-,16+. The second-order valence-electron chi connectivity index (χ2n) is 7.75. The van der Waals surface area contributed by atoms with Gasteiger partial charge in [0, 0.05) is 48.5 Å². The number of aliphatic imine (C=N–C) groups is 1. The number of aryl methyl sites for hydroxylation is 1. The summed E-state index contributed by atoms with van der Waals surface area (Å²) in [6.07, 6.45) is -0.519. The van der Waals surface area contributed by atoms with Gasteiger partial charge >= 0.3 is 6.18 Å². The quantitative estimate of drug-likeness (QED) is 0.695. The summed E-state index contributed by atoms with van der Waals surface area (Å²) in [6, 6.07) is 6.12. The van der Waals surface area contributed by atoms with Crippen LogP contribution in [-0.4, -0.2) is 46.4 Å². The zero-order valence-electron chi connectivity index (χ0n) is 18.2. The van der Waals surface area contributed by atoms with E-state index in [-0.39, 0.29) is 23.5 Å². The second-order valence-corrected chi connectivity index (χ2v) is 7.75. The molecule has 170 valence electrons. The lowest BCUT2D eigenvalue weighted by Gasteiger charge is -2.36. The summed E-state index contributed by atoms with van der Waals surface area (Å²) < 4.78 is 46.4. The Morgan fingerprint density at radius 1 is 1.22 bits per heavy atom. The van der Waals surface area contributed by atoms with Gasteiger partial charge in [-0.2, -0.15) is 13.2 Å². The predicted molar refractivity (Wildman–Crippen MR) is 118 cm³/mol. The molecule has 0 aromatic carbocycles. The van der Waals surface area contributed by atoms with Gasteiger partial charge in [0.25, 0.3) is 0 Å². The highest BCUT2D eigenvalue weighted by atomic mass is 19.4. The molecule has 0 radical (unpaired) electrons. The Balaban J connectivity index is 2.06. The molecular formula is C23H26F3N5O. The van der Waals surface area contributed by atoms with Gasteiger partial charge < -0.3 is 15.4 Å². The Labute approximate surface area is 185 Å². The van der Waals surface area contributed by atoms with Crippen LogP contribution in [0.3, 0.4) is 0 Å². The van der Waals surface area contributed by atoms with E-state index >= 15 is 0 Å². The monoisotopic (exact) mass is 445 g/mol. The number of rotatable bonds is 5. The van der Waals surface area contributed by atoms with Gasteiger partial charge in [-0.05, 0) is 50.6 Å². The minimum Gasteiger partial charge on any atom is -0.398 e. The number of aromatic nitrogens is 2. The third-order valence-corrected chi connectivity index (χ3v) is 4.99. The van der Waals surface area contributed by atoms with E-state index in [0.717, 1.165) is 6.20 Å². The first-order valence-electron chi connectivity index (χ1n) is 10.1. The van der Waals surface area contributed by atoms with Crippen LogP contribution in [0.25, 0.3) is 11.3 Å². The van der Waals surface area contributed by atoms with E-state index in [9.17, 15) is 13.2 Å². The Bertz CT molecular complexity index is 1040. The summed E-state index contributed by atoms with van der Waals surface area (Å²) in [5, 5.41) is 0. The van der Waals surface area contributed by atoms with Crippen molar-refractivity contribution in [2.24, 2.45) is 10.7 Å². The van der Waals surface area contributed by atoms with Crippen LogP contribution in [-0.2, 0) is 10.9 Å². The smallest absolute Gasteiger partial charge is 0.398 e. The summed E-state index contributed by atoms with van der Waals surface area (Å²) in [5.74, 6) is 0.477. The van der Waals surface area contributed by atoms with Crippen molar-refractivity contribution in [1.29, 1.82) is 0 Å². The van der Waals surface area contributed by atoms with Crippen molar-refractivity contribution in [1.82, 2.24) is 14.9 Å². The number of hydrogen-bond acceptors (Lipinski definition) is 6. The van der Waals surface area contributed by atoms with Gasteiger partial charge in [0.15, 0.2) is 5.69 Å². The third kappa shape index (κ3) is 5.53. The number of ether oxygens (including phenoxy) is 1. The Morgan fingerprint density at radius 2 is 1.91 bits per heavy atom. The topological polar surface area (TPSA) is 76.6 Å². The lowest BCUT2D eigenvalue weighted by atomic mass is 9.99. The highest BCUT2D eigenvalue weighted by Gasteiger charge is 2.36. The number of alkyl halides is 3. The van der Waals surface area contributed by atoms with Gasteiger partial charge in [0.1, 0.15) is 5.82 Å².